The number of carbonyl (C=O) groups is 1. The Morgan fingerprint density at radius 2 is 2.00 bits per heavy atom. The van der Waals surface area contributed by atoms with Gasteiger partial charge in [-0.1, -0.05) is 47.1 Å². The molecule has 4 rings (SSSR count). The van der Waals surface area contributed by atoms with Gasteiger partial charge >= 0.3 is 0 Å². The van der Waals surface area contributed by atoms with Gasteiger partial charge in [0.25, 0.3) is 0 Å². The van der Waals surface area contributed by atoms with Gasteiger partial charge in [0.15, 0.2) is 8.26 Å². The Bertz CT molecular complexity index is 1190. The number of amides is 1. The minimum absolute atomic E-state index is 0.129. The molecule has 0 radical (unpaired) electrons. The highest BCUT2D eigenvalue weighted by molar-refractivity contribution is 9.11. The van der Waals surface area contributed by atoms with Crippen LogP contribution in [-0.2, 0) is 11.2 Å². The van der Waals surface area contributed by atoms with Crippen LogP contribution in [0.3, 0.4) is 0 Å². The number of benzene rings is 2. The smallest absolute Gasteiger partial charge is 0.238 e. The largest absolute Gasteiger partial charge is 0.309 e. The fourth-order valence-corrected chi connectivity index (χ4v) is 6.83. The Kier molecular flexibility index (Phi) is 7.01. The summed E-state index contributed by atoms with van der Waals surface area (Å²) in [4.78, 5) is 22.7. The van der Waals surface area contributed by atoms with E-state index in [-0.39, 0.29) is 11.2 Å². The van der Waals surface area contributed by atoms with Crippen molar-refractivity contribution in [1.82, 2.24) is 9.97 Å². The molecular weight excluding hydrogens is 545 g/mol. The quantitative estimate of drug-likeness (QED) is 0.248. The van der Waals surface area contributed by atoms with Gasteiger partial charge in [0.05, 0.1) is 20.3 Å². The second-order valence-corrected chi connectivity index (χ2v) is 12.2. The second-order valence-electron chi connectivity index (χ2n) is 6.35. The van der Waals surface area contributed by atoms with Crippen molar-refractivity contribution in [3.63, 3.8) is 0 Å². The van der Waals surface area contributed by atoms with Crippen LogP contribution in [0.1, 0.15) is 17.4 Å². The van der Waals surface area contributed by atoms with Crippen molar-refractivity contribution in [1.29, 1.82) is 0 Å². The van der Waals surface area contributed by atoms with Crippen molar-refractivity contribution in [3.8, 4) is 0 Å². The summed E-state index contributed by atoms with van der Waals surface area (Å²) in [5, 5.41) is 3.87. The number of nitrogens with zero attached hydrogens (tertiary/aromatic N) is 2. The summed E-state index contributed by atoms with van der Waals surface area (Å²) in [5.41, 5.74) is 1.83. The van der Waals surface area contributed by atoms with Gasteiger partial charge in [-0.05, 0) is 58.7 Å². The molecule has 154 valence electrons. The van der Waals surface area contributed by atoms with Crippen molar-refractivity contribution in [2.75, 3.05) is 5.32 Å². The molecule has 1 N–H and O–H groups in total. The molecule has 0 spiro atoms. The van der Waals surface area contributed by atoms with Crippen molar-refractivity contribution < 1.29 is 4.79 Å². The molecule has 0 unspecified atom stereocenters. The predicted molar refractivity (Wildman–Crippen MR) is 133 cm³/mol. The molecule has 0 aliphatic heterocycles. The van der Waals surface area contributed by atoms with Crippen LogP contribution in [0.4, 0.5) is 5.82 Å². The molecule has 4 aromatic rings. The summed E-state index contributed by atoms with van der Waals surface area (Å²) in [6.07, 6.45) is 0.525. The van der Waals surface area contributed by atoms with Crippen LogP contribution >= 0.6 is 73.6 Å². The number of carbonyl (C=O) groups excluding carboxylic acids is 1. The Labute approximate surface area is 204 Å². The number of anilines is 1. The second kappa shape index (κ2) is 9.54. The molecular formula is C20H14BrCl2N3OS3. The minimum atomic E-state index is -0.325. The highest BCUT2D eigenvalue weighted by atomic mass is 79.9. The molecule has 2 aromatic carbocycles. The summed E-state index contributed by atoms with van der Waals surface area (Å²) in [7, 11) is 0. The van der Waals surface area contributed by atoms with E-state index in [1.165, 1.54) is 23.1 Å². The molecule has 0 fully saturated rings. The van der Waals surface area contributed by atoms with E-state index in [1.807, 2.05) is 37.3 Å². The maximum Gasteiger partial charge on any atom is 0.238 e. The van der Waals surface area contributed by atoms with Gasteiger partial charge in [-0.2, -0.15) is 0 Å². The molecule has 0 aliphatic carbocycles. The Hall–Kier alpha value is -1.16. The lowest BCUT2D eigenvalue weighted by molar-refractivity contribution is -0.115. The number of halogens is 3. The van der Waals surface area contributed by atoms with E-state index in [2.05, 4.69) is 31.2 Å². The Balaban J connectivity index is 1.48. The lowest BCUT2D eigenvalue weighted by Gasteiger charge is -2.10. The fourth-order valence-electron chi connectivity index (χ4n) is 2.72. The molecule has 1 atom stereocenters. The monoisotopic (exact) mass is 557 g/mol. The number of nitrogens with one attached hydrogen (secondary N) is 1. The van der Waals surface area contributed by atoms with Crippen LogP contribution in [0.25, 0.3) is 10.2 Å². The summed E-state index contributed by atoms with van der Waals surface area (Å²) in [6.45, 7) is 1.86. The first kappa shape index (κ1) is 22.0. The first-order valence-corrected chi connectivity index (χ1v) is 12.9. The van der Waals surface area contributed by atoms with Crippen LogP contribution in [-0.4, -0.2) is 21.1 Å². The van der Waals surface area contributed by atoms with Crippen molar-refractivity contribution >= 4 is 95.5 Å². The van der Waals surface area contributed by atoms with E-state index in [0.717, 1.165) is 25.0 Å². The molecule has 0 bridgehead atoms. The van der Waals surface area contributed by atoms with Crippen molar-refractivity contribution in [3.05, 3.63) is 66.9 Å². The highest BCUT2D eigenvalue weighted by Crippen LogP contribution is 2.34. The van der Waals surface area contributed by atoms with E-state index in [0.29, 0.717) is 26.2 Å². The molecule has 0 saturated carbocycles. The molecule has 2 heterocycles. The van der Waals surface area contributed by atoms with Crippen molar-refractivity contribution in [2.24, 2.45) is 0 Å². The average molecular weight is 559 g/mol. The molecule has 2 aromatic heterocycles. The maximum atomic E-state index is 12.8. The van der Waals surface area contributed by atoms with Gasteiger partial charge in [0.1, 0.15) is 5.82 Å². The number of rotatable bonds is 6. The lowest BCUT2D eigenvalue weighted by atomic mass is 10.1. The maximum absolute atomic E-state index is 12.8. The average Bonchev–Trinajstić information content (AvgIpc) is 3.26. The summed E-state index contributed by atoms with van der Waals surface area (Å²) >= 11 is 20.3. The normalized spacial score (nSPS) is 12.3. The number of fused-ring (bicyclic) bond motifs is 1. The number of hydrogen-bond donors (Lipinski definition) is 1. The fraction of sp³-hybridized carbons (Fsp3) is 0.150. The van der Waals surface area contributed by atoms with Crippen LogP contribution in [0.2, 0.25) is 10.0 Å². The van der Waals surface area contributed by atoms with Crippen LogP contribution < -0.4 is 5.32 Å². The SMILES string of the molecule is C[C@@H](Sc1nc2ccccc2s1)C(=O)Nc1nc(Br)sc1Cc1cc(Cl)ccc1Cl. The van der Waals surface area contributed by atoms with Gasteiger partial charge < -0.3 is 5.32 Å². The lowest BCUT2D eigenvalue weighted by Crippen LogP contribution is -2.23. The molecule has 10 heteroatoms. The van der Waals surface area contributed by atoms with Gasteiger partial charge in [-0.15, -0.1) is 22.7 Å². The van der Waals surface area contributed by atoms with Crippen LogP contribution in [0, 0.1) is 0 Å². The van der Waals surface area contributed by atoms with Gasteiger partial charge in [0.2, 0.25) is 5.91 Å². The summed E-state index contributed by atoms with van der Waals surface area (Å²) < 4.78 is 2.67. The highest BCUT2D eigenvalue weighted by Gasteiger charge is 2.21. The minimum Gasteiger partial charge on any atom is -0.309 e. The Morgan fingerprint density at radius 3 is 2.80 bits per heavy atom. The molecule has 0 aliphatic rings. The Morgan fingerprint density at radius 1 is 1.20 bits per heavy atom. The molecule has 1 amide bonds. The van der Waals surface area contributed by atoms with Gasteiger partial charge in [0, 0.05) is 16.5 Å². The van der Waals surface area contributed by atoms with Gasteiger partial charge in [-0.3, -0.25) is 4.79 Å². The number of para-hydroxylation sites is 1. The van der Waals surface area contributed by atoms with E-state index in [9.17, 15) is 4.79 Å². The van der Waals surface area contributed by atoms with Crippen LogP contribution in [0.15, 0.2) is 50.7 Å². The topological polar surface area (TPSA) is 54.9 Å². The standard InChI is InChI=1S/C20H14BrCl2N3OS3/c1-10(28-20-24-14-4-2-3-5-15(14)30-20)18(27)25-17-16(29-19(21)26-17)9-11-8-12(22)6-7-13(11)23/h2-8,10H,9H2,1H3,(H,25,27)/t10-/m1/s1. The molecule has 30 heavy (non-hydrogen) atoms. The van der Waals surface area contributed by atoms with E-state index < -0.39 is 0 Å². The van der Waals surface area contributed by atoms with E-state index in [1.54, 1.807) is 23.5 Å². The number of aromatic nitrogens is 2. The zero-order valence-electron chi connectivity index (χ0n) is 15.5. The van der Waals surface area contributed by atoms with Gasteiger partial charge in [-0.25, -0.2) is 9.97 Å². The third kappa shape index (κ3) is 5.18. The zero-order valence-corrected chi connectivity index (χ0v) is 21.0. The predicted octanol–water partition coefficient (Wildman–Crippen LogP) is 7.53. The van der Waals surface area contributed by atoms with E-state index in [4.69, 9.17) is 23.2 Å². The number of thiazole rings is 2. The van der Waals surface area contributed by atoms with Crippen LogP contribution in [0.5, 0.6) is 0 Å². The summed E-state index contributed by atoms with van der Waals surface area (Å²) in [6, 6.07) is 13.3. The zero-order chi connectivity index (χ0) is 21.3. The first-order valence-electron chi connectivity index (χ1n) is 8.81. The third-order valence-corrected chi connectivity index (χ3v) is 8.53. The number of thioether (sulfide) groups is 1. The first-order chi connectivity index (χ1) is 14.4. The number of hydrogen-bond acceptors (Lipinski definition) is 6. The van der Waals surface area contributed by atoms with E-state index >= 15 is 0 Å². The molecule has 0 saturated heterocycles. The molecule has 4 nitrogen and oxygen atoms in total. The van der Waals surface area contributed by atoms with Crippen molar-refractivity contribution in [2.45, 2.75) is 22.9 Å². The third-order valence-electron chi connectivity index (χ3n) is 4.19. The summed E-state index contributed by atoms with van der Waals surface area (Å²) in [5.74, 6) is 0.403.